The number of rotatable bonds is 4. The Balaban J connectivity index is 2.58. The van der Waals surface area contributed by atoms with Gasteiger partial charge >= 0.3 is 11.9 Å². The summed E-state index contributed by atoms with van der Waals surface area (Å²) in [5, 5.41) is 12.3. The molecular formula is C12H22N2O4. The highest BCUT2D eigenvalue weighted by atomic mass is 16.6. The molecule has 1 fully saturated rings. The van der Waals surface area contributed by atoms with Gasteiger partial charge in [-0.15, -0.1) is 0 Å². The fourth-order valence-corrected chi connectivity index (χ4v) is 1.78. The second kappa shape index (κ2) is 6.15. The van der Waals surface area contributed by atoms with E-state index in [0.29, 0.717) is 0 Å². The van der Waals surface area contributed by atoms with Crippen LogP contribution in [0.25, 0.3) is 0 Å². The van der Waals surface area contributed by atoms with Gasteiger partial charge in [-0.3, -0.25) is 14.5 Å². The first-order chi connectivity index (χ1) is 8.29. The van der Waals surface area contributed by atoms with Gasteiger partial charge in [-0.1, -0.05) is 0 Å². The second-order valence-electron chi connectivity index (χ2n) is 5.47. The van der Waals surface area contributed by atoms with Gasteiger partial charge in [0, 0.05) is 32.7 Å². The highest BCUT2D eigenvalue weighted by Gasteiger charge is 2.33. The summed E-state index contributed by atoms with van der Waals surface area (Å²) in [6.45, 7) is 8.56. The van der Waals surface area contributed by atoms with Crippen LogP contribution >= 0.6 is 0 Å². The Labute approximate surface area is 107 Å². The molecule has 1 unspecified atom stereocenters. The zero-order valence-electron chi connectivity index (χ0n) is 11.2. The summed E-state index contributed by atoms with van der Waals surface area (Å²) in [6.07, 6.45) is 0. The lowest BCUT2D eigenvalue weighted by Crippen LogP contribution is -2.48. The van der Waals surface area contributed by atoms with E-state index in [1.54, 1.807) is 20.8 Å². The third kappa shape index (κ3) is 5.01. The van der Waals surface area contributed by atoms with Crippen LogP contribution in [0.4, 0.5) is 0 Å². The van der Waals surface area contributed by atoms with E-state index in [9.17, 15) is 9.59 Å². The normalized spacial score (nSPS) is 19.3. The fourth-order valence-electron chi connectivity index (χ4n) is 1.78. The summed E-state index contributed by atoms with van der Waals surface area (Å²) in [5.74, 6) is -2.89. The topological polar surface area (TPSA) is 78.9 Å². The van der Waals surface area contributed by atoms with E-state index in [2.05, 4.69) is 5.32 Å². The maximum absolute atomic E-state index is 11.8. The van der Waals surface area contributed by atoms with Crippen LogP contribution in [-0.4, -0.2) is 60.3 Å². The monoisotopic (exact) mass is 258 g/mol. The standard InChI is InChI=1S/C12H22N2O4/c1-12(2,3)18-11(17)9(10(15)16)8-14-6-4-13-5-7-14/h9,13H,4-8H2,1-3H3,(H,15,16). The lowest BCUT2D eigenvalue weighted by molar-refractivity contribution is -0.167. The number of carbonyl (C=O) groups excluding carboxylic acids is 1. The van der Waals surface area contributed by atoms with Crippen molar-refractivity contribution in [3.05, 3.63) is 0 Å². The molecule has 0 radical (unpaired) electrons. The number of carboxylic acid groups (broad SMARTS) is 1. The van der Waals surface area contributed by atoms with Crippen LogP contribution in [-0.2, 0) is 14.3 Å². The Morgan fingerprint density at radius 1 is 1.33 bits per heavy atom. The van der Waals surface area contributed by atoms with Crippen LogP contribution < -0.4 is 5.32 Å². The highest BCUT2D eigenvalue weighted by Crippen LogP contribution is 2.13. The Morgan fingerprint density at radius 3 is 2.33 bits per heavy atom. The lowest BCUT2D eigenvalue weighted by atomic mass is 10.1. The van der Waals surface area contributed by atoms with E-state index in [-0.39, 0.29) is 6.54 Å². The van der Waals surface area contributed by atoms with Crippen LogP contribution in [0, 0.1) is 5.92 Å². The molecule has 0 saturated carbocycles. The average Bonchev–Trinajstić information content (AvgIpc) is 2.24. The minimum absolute atomic E-state index is 0.214. The number of carbonyl (C=O) groups is 2. The largest absolute Gasteiger partial charge is 0.481 e. The van der Waals surface area contributed by atoms with Crippen molar-refractivity contribution in [1.82, 2.24) is 10.2 Å². The van der Waals surface area contributed by atoms with Crippen LogP contribution in [0.1, 0.15) is 20.8 Å². The Hall–Kier alpha value is -1.14. The summed E-state index contributed by atoms with van der Waals surface area (Å²) in [5.41, 5.74) is -0.658. The van der Waals surface area contributed by atoms with Crippen molar-refractivity contribution in [3.63, 3.8) is 0 Å². The molecule has 1 aliphatic rings. The first-order valence-electron chi connectivity index (χ1n) is 6.18. The maximum Gasteiger partial charge on any atom is 0.322 e. The minimum atomic E-state index is -1.12. The van der Waals surface area contributed by atoms with E-state index in [1.165, 1.54) is 0 Å². The van der Waals surface area contributed by atoms with Crippen LogP contribution in [0.3, 0.4) is 0 Å². The number of aliphatic carboxylic acids is 1. The molecule has 6 nitrogen and oxygen atoms in total. The molecule has 0 aromatic carbocycles. The fraction of sp³-hybridized carbons (Fsp3) is 0.833. The van der Waals surface area contributed by atoms with Crippen LogP contribution in [0.2, 0.25) is 0 Å². The number of ether oxygens (including phenoxy) is 1. The van der Waals surface area contributed by atoms with Gasteiger partial charge in [0.05, 0.1) is 0 Å². The molecule has 0 aromatic rings. The van der Waals surface area contributed by atoms with Gasteiger partial charge in [0.15, 0.2) is 5.92 Å². The Bertz CT molecular complexity index is 306. The highest BCUT2D eigenvalue weighted by molar-refractivity contribution is 5.94. The van der Waals surface area contributed by atoms with Gasteiger partial charge in [0.25, 0.3) is 0 Å². The molecule has 18 heavy (non-hydrogen) atoms. The number of nitrogens with one attached hydrogen (secondary N) is 1. The molecule has 0 aromatic heterocycles. The van der Waals surface area contributed by atoms with E-state index >= 15 is 0 Å². The van der Waals surface area contributed by atoms with Crippen molar-refractivity contribution in [1.29, 1.82) is 0 Å². The van der Waals surface area contributed by atoms with E-state index in [0.717, 1.165) is 26.2 Å². The third-order valence-corrected chi connectivity index (χ3v) is 2.64. The van der Waals surface area contributed by atoms with Gasteiger partial charge in [-0.05, 0) is 20.8 Å². The Kier molecular flexibility index (Phi) is 5.10. The maximum atomic E-state index is 11.8. The third-order valence-electron chi connectivity index (χ3n) is 2.64. The molecule has 0 spiro atoms. The van der Waals surface area contributed by atoms with E-state index in [4.69, 9.17) is 9.84 Å². The summed E-state index contributed by atoms with van der Waals surface area (Å²) in [7, 11) is 0. The number of nitrogens with zero attached hydrogens (tertiary/aromatic N) is 1. The lowest BCUT2D eigenvalue weighted by Gasteiger charge is -2.30. The zero-order chi connectivity index (χ0) is 13.8. The average molecular weight is 258 g/mol. The Morgan fingerprint density at radius 2 is 1.89 bits per heavy atom. The first-order valence-corrected chi connectivity index (χ1v) is 6.18. The van der Waals surface area contributed by atoms with E-state index in [1.807, 2.05) is 4.90 Å². The van der Waals surface area contributed by atoms with Crippen molar-refractivity contribution in [3.8, 4) is 0 Å². The van der Waals surface area contributed by atoms with Crippen molar-refractivity contribution >= 4 is 11.9 Å². The second-order valence-corrected chi connectivity index (χ2v) is 5.47. The van der Waals surface area contributed by atoms with Crippen molar-refractivity contribution in [2.75, 3.05) is 32.7 Å². The molecule has 1 aliphatic heterocycles. The molecule has 1 rings (SSSR count). The first kappa shape index (κ1) is 14.9. The summed E-state index contributed by atoms with van der Waals surface area (Å²) in [4.78, 5) is 25.0. The molecule has 6 heteroatoms. The molecular weight excluding hydrogens is 236 g/mol. The summed E-state index contributed by atoms with van der Waals surface area (Å²) >= 11 is 0. The van der Waals surface area contributed by atoms with Crippen LogP contribution in [0.5, 0.6) is 0 Å². The van der Waals surface area contributed by atoms with Gasteiger partial charge in [0.1, 0.15) is 5.60 Å². The van der Waals surface area contributed by atoms with Gasteiger partial charge < -0.3 is 15.2 Å². The summed E-state index contributed by atoms with van der Waals surface area (Å²) < 4.78 is 5.14. The molecule has 0 amide bonds. The quantitative estimate of drug-likeness (QED) is 0.543. The minimum Gasteiger partial charge on any atom is -0.481 e. The summed E-state index contributed by atoms with van der Waals surface area (Å²) in [6, 6.07) is 0. The molecule has 1 saturated heterocycles. The predicted octanol–water partition coefficient (Wildman–Crippen LogP) is -0.0659. The number of carboxylic acids is 1. The molecule has 0 aliphatic carbocycles. The van der Waals surface area contributed by atoms with Gasteiger partial charge in [0.2, 0.25) is 0 Å². The predicted molar refractivity (Wildman–Crippen MR) is 66.3 cm³/mol. The van der Waals surface area contributed by atoms with Gasteiger partial charge in [-0.25, -0.2) is 0 Å². The molecule has 1 atom stereocenters. The van der Waals surface area contributed by atoms with Crippen molar-refractivity contribution in [2.24, 2.45) is 5.92 Å². The smallest absolute Gasteiger partial charge is 0.322 e. The number of hydrogen-bond donors (Lipinski definition) is 2. The molecule has 104 valence electrons. The van der Waals surface area contributed by atoms with E-state index < -0.39 is 23.5 Å². The van der Waals surface area contributed by atoms with Crippen molar-refractivity contribution < 1.29 is 19.4 Å². The molecule has 1 heterocycles. The zero-order valence-corrected chi connectivity index (χ0v) is 11.2. The molecule has 2 N–H and O–H groups in total. The van der Waals surface area contributed by atoms with Crippen molar-refractivity contribution in [2.45, 2.75) is 26.4 Å². The molecule has 0 bridgehead atoms. The van der Waals surface area contributed by atoms with Gasteiger partial charge in [-0.2, -0.15) is 0 Å². The number of esters is 1. The number of piperazine rings is 1. The SMILES string of the molecule is CC(C)(C)OC(=O)C(CN1CCNCC1)C(=O)O. The number of hydrogen-bond acceptors (Lipinski definition) is 5. The van der Waals surface area contributed by atoms with Crippen LogP contribution in [0.15, 0.2) is 0 Å².